The van der Waals surface area contributed by atoms with Crippen molar-refractivity contribution in [3.63, 3.8) is 0 Å². The summed E-state index contributed by atoms with van der Waals surface area (Å²) in [6.07, 6.45) is 0.734. The zero-order chi connectivity index (χ0) is 16.8. The maximum Gasteiger partial charge on any atom is 0.238 e. The zero-order valence-corrected chi connectivity index (χ0v) is 14.0. The van der Waals surface area contributed by atoms with Crippen molar-refractivity contribution in [1.29, 1.82) is 0 Å². The van der Waals surface area contributed by atoms with Gasteiger partial charge in [0, 0.05) is 0 Å². The number of hydrogen-bond acceptors (Lipinski definition) is 2. The van der Waals surface area contributed by atoms with E-state index in [0.717, 1.165) is 23.1 Å². The second-order valence-electron chi connectivity index (χ2n) is 5.54. The number of carbonyl (C=O) groups is 1. The Balaban J connectivity index is 1.78. The van der Waals surface area contributed by atoms with Gasteiger partial charge in [-0.2, -0.15) is 0 Å². The highest BCUT2D eigenvalue weighted by Gasteiger charge is 2.09. The first-order valence-electron chi connectivity index (χ1n) is 7.47. The van der Waals surface area contributed by atoms with Gasteiger partial charge in [0.1, 0.15) is 5.82 Å². The largest absolute Gasteiger partial charge is 0.323 e. The summed E-state index contributed by atoms with van der Waals surface area (Å²) in [7, 11) is 0. The first-order valence-corrected chi connectivity index (χ1v) is 7.85. The fraction of sp³-hybridized carbons (Fsp3) is 0.278. The molecule has 2 rings (SSSR count). The van der Waals surface area contributed by atoms with Gasteiger partial charge in [0.05, 0.1) is 17.3 Å². The van der Waals surface area contributed by atoms with Gasteiger partial charge in [-0.05, 0) is 61.7 Å². The van der Waals surface area contributed by atoms with E-state index in [1.165, 1.54) is 12.1 Å². The summed E-state index contributed by atoms with van der Waals surface area (Å²) in [5.74, 6) is -0.385. The fourth-order valence-electron chi connectivity index (χ4n) is 2.34. The van der Waals surface area contributed by atoms with Gasteiger partial charge in [0.25, 0.3) is 0 Å². The van der Waals surface area contributed by atoms with Crippen molar-refractivity contribution in [2.45, 2.75) is 20.3 Å². The van der Waals surface area contributed by atoms with Crippen molar-refractivity contribution < 1.29 is 9.18 Å². The highest BCUT2D eigenvalue weighted by atomic mass is 35.5. The summed E-state index contributed by atoms with van der Waals surface area (Å²) in [4.78, 5) is 12.0. The molecule has 23 heavy (non-hydrogen) atoms. The molecule has 0 atom stereocenters. The number of anilines is 1. The molecular weight excluding hydrogens is 315 g/mol. The summed E-state index contributed by atoms with van der Waals surface area (Å²) in [5, 5.41) is 6.44. The Morgan fingerprint density at radius 2 is 1.87 bits per heavy atom. The minimum Gasteiger partial charge on any atom is -0.323 e. The molecule has 122 valence electrons. The minimum absolute atomic E-state index is 0.141. The van der Waals surface area contributed by atoms with E-state index < -0.39 is 0 Å². The second-order valence-corrected chi connectivity index (χ2v) is 5.95. The third kappa shape index (κ3) is 5.34. The van der Waals surface area contributed by atoms with Crippen molar-refractivity contribution in [3.05, 3.63) is 63.9 Å². The quantitative estimate of drug-likeness (QED) is 0.787. The summed E-state index contributed by atoms with van der Waals surface area (Å²) in [5.41, 5.74) is 3.68. The van der Waals surface area contributed by atoms with Crippen LogP contribution in [-0.2, 0) is 11.2 Å². The van der Waals surface area contributed by atoms with E-state index in [-0.39, 0.29) is 18.3 Å². The normalized spacial score (nSPS) is 10.6. The molecule has 0 fully saturated rings. The molecule has 0 aliphatic heterocycles. The molecule has 2 aromatic rings. The van der Waals surface area contributed by atoms with Gasteiger partial charge >= 0.3 is 0 Å². The molecule has 1 amide bonds. The van der Waals surface area contributed by atoms with Crippen LogP contribution >= 0.6 is 11.6 Å². The summed E-state index contributed by atoms with van der Waals surface area (Å²) in [6, 6.07) is 10.2. The van der Waals surface area contributed by atoms with Crippen molar-refractivity contribution >= 4 is 23.2 Å². The van der Waals surface area contributed by atoms with E-state index in [1.54, 1.807) is 12.1 Å². The molecule has 0 aromatic heterocycles. The first-order chi connectivity index (χ1) is 11.0. The molecule has 0 heterocycles. The molecular formula is C18H20ClFN2O. The van der Waals surface area contributed by atoms with E-state index in [4.69, 9.17) is 11.6 Å². The van der Waals surface area contributed by atoms with Crippen LogP contribution in [0.4, 0.5) is 10.1 Å². The molecule has 0 saturated heterocycles. The summed E-state index contributed by atoms with van der Waals surface area (Å²) >= 11 is 6.17. The molecule has 0 spiro atoms. The van der Waals surface area contributed by atoms with Crippen LogP contribution in [0.25, 0.3) is 0 Å². The van der Waals surface area contributed by atoms with Gasteiger partial charge in [-0.1, -0.05) is 29.8 Å². The number of halogens is 2. The lowest BCUT2D eigenvalue weighted by molar-refractivity contribution is -0.115. The number of amides is 1. The Kier molecular flexibility index (Phi) is 6.13. The number of benzene rings is 2. The van der Waals surface area contributed by atoms with Crippen LogP contribution in [0.5, 0.6) is 0 Å². The van der Waals surface area contributed by atoms with Crippen LogP contribution in [0, 0.1) is 19.7 Å². The smallest absolute Gasteiger partial charge is 0.238 e. The van der Waals surface area contributed by atoms with Gasteiger partial charge in [-0.25, -0.2) is 4.39 Å². The second kappa shape index (κ2) is 8.09. The van der Waals surface area contributed by atoms with Crippen molar-refractivity contribution in [2.75, 3.05) is 18.4 Å². The Labute approximate surface area is 140 Å². The Bertz CT molecular complexity index is 663. The lowest BCUT2D eigenvalue weighted by Crippen LogP contribution is -2.29. The summed E-state index contributed by atoms with van der Waals surface area (Å²) < 4.78 is 12.8. The third-order valence-electron chi connectivity index (χ3n) is 3.49. The van der Waals surface area contributed by atoms with Crippen LogP contribution < -0.4 is 10.6 Å². The Morgan fingerprint density at radius 1 is 1.17 bits per heavy atom. The molecule has 0 saturated carbocycles. The van der Waals surface area contributed by atoms with Crippen molar-refractivity contribution in [3.8, 4) is 0 Å². The van der Waals surface area contributed by atoms with E-state index in [2.05, 4.69) is 10.6 Å². The number of aryl methyl sites for hydroxylation is 2. The predicted molar refractivity (Wildman–Crippen MR) is 92.5 cm³/mol. The predicted octanol–water partition coefficient (Wildman–Crippen LogP) is 3.87. The van der Waals surface area contributed by atoms with Crippen molar-refractivity contribution in [2.24, 2.45) is 0 Å². The third-order valence-corrected chi connectivity index (χ3v) is 3.78. The fourth-order valence-corrected chi connectivity index (χ4v) is 2.71. The van der Waals surface area contributed by atoms with Gasteiger partial charge in [0.15, 0.2) is 0 Å². The maximum atomic E-state index is 12.8. The van der Waals surface area contributed by atoms with Gasteiger partial charge in [-0.15, -0.1) is 0 Å². The molecule has 0 bridgehead atoms. The van der Waals surface area contributed by atoms with E-state index >= 15 is 0 Å². The van der Waals surface area contributed by atoms with Gasteiger partial charge < -0.3 is 10.6 Å². The summed E-state index contributed by atoms with van der Waals surface area (Å²) in [6.45, 7) is 4.71. The highest BCUT2D eigenvalue weighted by molar-refractivity contribution is 6.34. The molecule has 0 aliphatic carbocycles. The Morgan fingerprint density at radius 3 is 2.52 bits per heavy atom. The first kappa shape index (κ1) is 17.4. The lowest BCUT2D eigenvalue weighted by Gasteiger charge is -2.12. The molecule has 3 nitrogen and oxygen atoms in total. The van der Waals surface area contributed by atoms with Crippen molar-refractivity contribution in [1.82, 2.24) is 5.32 Å². The molecule has 0 aliphatic rings. The molecule has 2 aromatic carbocycles. The average molecular weight is 335 g/mol. The maximum absolute atomic E-state index is 12.8. The van der Waals surface area contributed by atoms with Crippen LogP contribution in [0.2, 0.25) is 5.02 Å². The average Bonchev–Trinajstić information content (AvgIpc) is 2.49. The van der Waals surface area contributed by atoms with Gasteiger partial charge in [0.2, 0.25) is 5.91 Å². The monoisotopic (exact) mass is 334 g/mol. The number of carbonyl (C=O) groups excluding carboxylic acids is 1. The zero-order valence-electron chi connectivity index (χ0n) is 13.2. The van der Waals surface area contributed by atoms with Crippen LogP contribution in [-0.4, -0.2) is 19.0 Å². The standard InChI is InChI=1S/C18H20ClFN2O/c1-12-9-13(2)18(16(19)10-12)22-17(23)11-21-8-7-14-3-5-15(20)6-4-14/h3-6,9-10,21H,7-8,11H2,1-2H3,(H,22,23). The van der Waals surface area contributed by atoms with Crippen LogP contribution in [0.1, 0.15) is 16.7 Å². The Hall–Kier alpha value is -1.91. The molecule has 0 radical (unpaired) electrons. The highest BCUT2D eigenvalue weighted by Crippen LogP contribution is 2.27. The lowest BCUT2D eigenvalue weighted by atomic mass is 10.1. The van der Waals surface area contributed by atoms with E-state index in [9.17, 15) is 9.18 Å². The SMILES string of the molecule is Cc1cc(C)c(NC(=O)CNCCc2ccc(F)cc2)c(Cl)c1. The molecule has 0 unspecified atom stereocenters. The topological polar surface area (TPSA) is 41.1 Å². The molecule has 2 N–H and O–H groups in total. The van der Waals surface area contributed by atoms with E-state index in [0.29, 0.717) is 17.3 Å². The van der Waals surface area contributed by atoms with E-state index in [1.807, 2.05) is 26.0 Å². The number of rotatable bonds is 6. The van der Waals surface area contributed by atoms with Gasteiger partial charge in [-0.3, -0.25) is 4.79 Å². The van der Waals surface area contributed by atoms with Crippen LogP contribution in [0.3, 0.4) is 0 Å². The van der Waals surface area contributed by atoms with Crippen LogP contribution in [0.15, 0.2) is 36.4 Å². The minimum atomic E-state index is -0.244. The number of nitrogens with one attached hydrogen (secondary N) is 2. The number of hydrogen-bond donors (Lipinski definition) is 2. The molecule has 5 heteroatoms.